The molecule has 2 saturated heterocycles. The fourth-order valence-corrected chi connectivity index (χ4v) is 5.77. The van der Waals surface area contributed by atoms with E-state index in [1.807, 2.05) is 0 Å². The van der Waals surface area contributed by atoms with Crippen LogP contribution in [0.3, 0.4) is 0 Å². The molecule has 2 fully saturated rings. The fraction of sp³-hybridized carbons (Fsp3) is 1.00. The molecule has 112 valence electrons. The molecule has 3 unspecified atom stereocenters. The molecule has 3 atom stereocenters. The van der Waals surface area contributed by atoms with Gasteiger partial charge in [-0.25, -0.2) is 8.42 Å². The third kappa shape index (κ3) is 4.32. The monoisotopic (exact) mass is 308 g/mol. The van der Waals surface area contributed by atoms with Crippen molar-refractivity contribution in [3.63, 3.8) is 0 Å². The van der Waals surface area contributed by atoms with Gasteiger partial charge in [0.25, 0.3) is 0 Å². The molecule has 7 heteroatoms. The lowest BCUT2D eigenvalue weighted by atomic mass is 10.1. The number of hydrogen-bond donors (Lipinski definition) is 1. The van der Waals surface area contributed by atoms with Crippen molar-refractivity contribution < 1.29 is 13.2 Å². The number of nitrogens with one attached hydrogen (secondary N) is 1. The molecular weight excluding hydrogens is 284 g/mol. The molecule has 0 bridgehead atoms. The Morgan fingerprint density at radius 2 is 2.32 bits per heavy atom. The van der Waals surface area contributed by atoms with Crippen LogP contribution in [0, 0.1) is 0 Å². The molecule has 0 radical (unpaired) electrons. The SMILES string of the molecule is CC(CC1COCCN1)N1CCSCC1S(C)(=O)=O. The molecule has 2 rings (SSSR count). The standard InChI is InChI=1S/C12H24N2O3S2/c1-10(7-11-8-17-5-3-13-11)14-4-6-18-9-12(14)19(2,15)16/h10-13H,3-9H2,1-2H3. The van der Waals surface area contributed by atoms with Crippen molar-refractivity contribution in [2.45, 2.75) is 30.8 Å². The first-order valence-corrected chi connectivity index (χ1v) is 9.93. The molecule has 0 amide bonds. The second-order valence-corrected chi connectivity index (χ2v) is 8.76. The highest BCUT2D eigenvalue weighted by atomic mass is 32.2. The minimum atomic E-state index is -3.01. The van der Waals surface area contributed by atoms with Crippen molar-refractivity contribution in [1.82, 2.24) is 10.2 Å². The van der Waals surface area contributed by atoms with Crippen LogP contribution in [0.5, 0.6) is 0 Å². The molecule has 2 aliphatic rings. The predicted octanol–water partition coefficient (Wildman–Crippen LogP) is 0.173. The van der Waals surface area contributed by atoms with E-state index < -0.39 is 9.84 Å². The Kier molecular flexibility index (Phi) is 5.54. The zero-order valence-electron chi connectivity index (χ0n) is 11.7. The summed E-state index contributed by atoms with van der Waals surface area (Å²) >= 11 is 1.74. The summed E-state index contributed by atoms with van der Waals surface area (Å²) in [6, 6.07) is 0.610. The Labute approximate surface area is 120 Å². The first kappa shape index (κ1) is 15.6. The van der Waals surface area contributed by atoms with Crippen LogP contribution in [0.4, 0.5) is 0 Å². The number of thioether (sulfide) groups is 1. The summed E-state index contributed by atoms with van der Waals surface area (Å²) in [5.41, 5.74) is 0. The maximum atomic E-state index is 11.9. The molecule has 5 nitrogen and oxygen atoms in total. The molecular formula is C12H24N2O3S2. The van der Waals surface area contributed by atoms with Crippen molar-refractivity contribution in [2.24, 2.45) is 0 Å². The van der Waals surface area contributed by atoms with E-state index in [0.29, 0.717) is 11.8 Å². The van der Waals surface area contributed by atoms with Crippen molar-refractivity contribution >= 4 is 21.6 Å². The summed E-state index contributed by atoms with van der Waals surface area (Å²) in [5, 5.41) is 3.11. The smallest absolute Gasteiger partial charge is 0.164 e. The van der Waals surface area contributed by atoms with Gasteiger partial charge in [0.15, 0.2) is 9.84 Å². The summed E-state index contributed by atoms with van der Waals surface area (Å²) < 4.78 is 29.3. The van der Waals surface area contributed by atoms with E-state index in [1.165, 1.54) is 6.26 Å². The zero-order valence-corrected chi connectivity index (χ0v) is 13.3. The van der Waals surface area contributed by atoms with E-state index in [4.69, 9.17) is 4.74 Å². The Morgan fingerprint density at radius 3 is 2.95 bits per heavy atom. The number of hydrogen-bond acceptors (Lipinski definition) is 6. The highest BCUT2D eigenvalue weighted by Crippen LogP contribution is 2.24. The van der Waals surface area contributed by atoms with Crippen LogP contribution in [0.25, 0.3) is 0 Å². The van der Waals surface area contributed by atoms with Gasteiger partial charge in [-0.3, -0.25) is 4.90 Å². The fourth-order valence-electron chi connectivity index (χ4n) is 2.79. The average Bonchev–Trinajstić information content (AvgIpc) is 2.39. The maximum Gasteiger partial charge on any atom is 0.164 e. The van der Waals surface area contributed by atoms with Gasteiger partial charge >= 0.3 is 0 Å². The zero-order chi connectivity index (χ0) is 13.9. The van der Waals surface area contributed by atoms with Crippen molar-refractivity contribution in [2.75, 3.05) is 44.1 Å². The second kappa shape index (κ2) is 6.76. The minimum Gasteiger partial charge on any atom is -0.379 e. The van der Waals surface area contributed by atoms with Gasteiger partial charge in [0.2, 0.25) is 0 Å². The van der Waals surface area contributed by atoms with Crippen LogP contribution < -0.4 is 5.32 Å². The molecule has 0 aromatic heterocycles. The first-order chi connectivity index (χ1) is 8.98. The molecule has 0 spiro atoms. The highest BCUT2D eigenvalue weighted by molar-refractivity contribution is 8.00. The molecule has 0 aromatic carbocycles. The summed E-state index contributed by atoms with van der Waals surface area (Å²) in [7, 11) is -3.01. The normalized spacial score (nSPS) is 32.1. The minimum absolute atomic E-state index is 0.264. The van der Waals surface area contributed by atoms with Crippen LogP contribution in [-0.2, 0) is 14.6 Å². The molecule has 0 saturated carbocycles. The number of rotatable bonds is 4. The highest BCUT2D eigenvalue weighted by Gasteiger charge is 2.34. The topological polar surface area (TPSA) is 58.6 Å². The van der Waals surface area contributed by atoms with Gasteiger partial charge in [0.1, 0.15) is 5.37 Å². The third-order valence-corrected chi connectivity index (χ3v) is 6.47. The van der Waals surface area contributed by atoms with Crippen molar-refractivity contribution in [3.8, 4) is 0 Å². The van der Waals surface area contributed by atoms with Crippen molar-refractivity contribution in [3.05, 3.63) is 0 Å². The van der Waals surface area contributed by atoms with Crippen molar-refractivity contribution in [1.29, 1.82) is 0 Å². The molecule has 19 heavy (non-hydrogen) atoms. The van der Waals surface area contributed by atoms with E-state index in [9.17, 15) is 8.42 Å². The van der Waals surface area contributed by atoms with Gasteiger partial charge in [-0.1, -0.05) is 0 Å². The number of sulfone groups is 1. The van der Waals surface area contributed by atoms with Crippen LogP contribution in [-0.4, -0.2) is 74.8 Å². The first-order valence-electron chi connectivity index (χ1n) is 6.82. The lowest BCUT2D eigenvalue weighted by molar-refractivity contribution is 0.0614. The quantitative estimate of drug-likeness (QED) is 0.799. The third-order valence-electron chi connectivity index (χ3n) is 3.81. The summed E-state index contributed by atoms with van der Waals surface area (Å²) in [4.78, 5) is 2.15. The average molecular weight is 308 g/mol. The second-order valence-electron chi connectivity index (χ2n) is 5.41. The molecule has 2 aliphatic heterocycles. The van der Waals surface area contributed by atoms with Gasteiger partial charge in [-0.05, 0) is 13.3 Å². The number of morpholine rings is 1. The molecule has 1 N–H and O–H groups in total. The molecule has 2 heterocycles. The van der Waals surface area contributed by atoms with E-state index in [-0.39, 0.29) is 11.4 Å². The van der Waals surface area contributed by atoms with Gasteiger partial charge in [-0.2, -0.15) is 11.8 Å². The lowest BCUT2D eigenvalue weighted by Gasteiger charge is -2.40. The maximum absolute atomic E-state index is 11.9. The van der Waals surface area contributed by atoms with Crippen LogP contribution in [0.2, 0.25) is 0 Å². The van der Waals surface area contributed by atoms with Gasteiger partial charge in [0, 0.05) is 42.9 Å². The summed E-state index contributed by atoms with van der Waals surface area (Å²) in [5.74, 6) is 1.71. The van der Waals surface area contributed by atoms with Crippen LogP contribution >= 0.6 is 11.8 Å². The Hall–Kier alpha value is 0.180. The lowest BCUT2D eigenvalue weighted by Crippen LogP contribution is -2.53. The van der Waals surface area contributed by atoms with E-state index in [1.54, 1.807) is 11.8 Å². The van der Waals surface area contributed by atoms with Gasteiger partial charge < -0.3 is 10.1 Å². The van der Waals surface area contributed by atoms with E-state index in [2.05, 4.69) is 17.1 Å². The molecule has 0 aromatic rings. The Bertz CT molecular complexity index is 382. The number of nitrogens with zero attached hydrogens (tertiary/aromatic N) is 1. The van der Waals surface area contributed by atoms with Crippen LogP contribution in [0.15, 0.2) is 0 Å². The Morgan fingerprint density at radius 1 is 1.53 bits per heavy atom. The Balaban J connectivity index is 1.96. The summed E-state index contributed by atoms with van der Waals surface area (Å²) in [6.07, 6.45) is 2.29. The van der Waals surface area contributed by atoms with E-state index >= 15 is 0 Å². The predicted molar refractivity (Wildman–Crippen MR) is 79.4 cm³/mol. The van der Waals surface area contributed by atoms with Gasteiger partial charge in [-0.15, -0.1) is 0 Å². The largest absolute Gasteiger partial charge is 0.379 e. The summed E-state index contributed by atoms with van der Waals surface area (Å²) in [6.45, 7) is 5.39. The van der Waals surface area contributed by atoms with Gasteiger partial charge in [0.05, 0.1) is 13.2 Å². The van der Waals surface area contributed by atoms with E-state index in [0.717, 1.165) is 38.5 Å². The molecule has 0 aliphatic carbocycles. The van der Waals surface area contributed by atoms with Crippen LogP contribution in [0.1, 0.15) is 13.3 Å². The number of ether oxygens (including phenoxy) is 1.